The molecule has 0 aliphatic carbocycles. The van der Waals surface area contributed by atoms with Gasteiger partial charge in [-0.15, -0.1) is 0 Å². The summed E-state index contributed by atoms with van der Waals surface area (Å²) in [5, 5.41) is 13.0. The lowest BCUT2D eigenvalue weighted by Crippen LogP contribution is -2.03. The molecule has 0 saturated heterocycles. The fraction of sp³-hybridized carbons (Fsp3) is 0.133. The number of rotatable bonds is 2. The molecule has 1 atom stereocenters. The summed E-state index contributed by atoms with van der Waals surface area (Å²) in [7, 11) is 0. The van der Waals surface area contributed by atoms with E-state index in [-0.39, 0.29) is 11.7 Å². The Labute approximate surface area is 109 Å². The number of aliphatic hydroxyl groups is 1. The largest absolute Gasteiger partial charge is 0.384 e. The number of halogens is 1. The lowest BCUT2D eigenvalue weighted by Gasteiger charge is -2.12. The van der Waals surface area contributed by atoms with Crippen molar-refractivity contribution in [3.8, 4) is 0 Å². The Morgan fingerprint density at radius 3 is 2.74 bits per heavy atom. The molecule has 2 aromatic carbocycles. The third-order valence-corrected chi connectivity index (χ3v) is 3.23. The Morgan fingerprint density at radius 2 is 1.95 bits per heavy atom. The Kier molecular flexibility index (Phi) is 2.80. The summed E-state index contributed by atoms with van der Waals surface area (Å²) in [6, 6.07) is 11.2. The highest BCUT2D eigenvalue weighted by atomic mass is 19.1. The molecular weight excluding hydrogens is 245 g/mol. The Hall–Kier alpha value is -2.20. The molecule has 1 heterocycles. The van der Waals surface area contributed by atoms with Crippen LogP contribution in [-0.2, 0) is 11.2 Å². The monoisotopic (exact) mass is 257 g/mol. The van der Waals surface area contributed by atoms with Crippen molar-refractivity contribution >= 4 is 11.6 Å². The van der Waals surface area contributed by atoms with Gasteiger partial charge in [0.1, 0.15) is 11.9 Å². The number of hydrogen-bond donors (Lipinski definition) is 2. The summed E-state index contributed by atoms with van der Waals surface area (Å²) in [6.07, 6.45) is -0.573. The molecule has 1 aliphatic rings. The van der Waals surface area contributed by atoms with E-state index in [4.69, 9.17) is 0 Å². The molecule has 2 N–H and O–H groups in total. The summed E-state index contributed by atoms with van der Waals surface area (Å²) < 4.78 is 13.1. The third-order valence-electron chi connectivity index (χ3n) is 3.23. The van der Waals surface area contributed by atoms with Crippen LogP contribution in [0.15, 0.2) is 42.5 Å². The van der Waals surface area contributed by atoms with Crippen LogP contribution in [0.25, 0.3) is 0 Å². The van der Waals surface area contributed by atoms with Gasteiger partial charge in [-0.2, -0.15) is 0 Å². The summed E-state index contributed by atoms with van der Waals surface area (Å²) >= 11 is 0. The van der Waals surface area contributed by atoms with E-state index in [1.165, 1.54) is 12.1 Å². The van der Waals surface area contributed by atoms with E-state index in [1.807, 2.05) is 0 Å². The van der Waals surface area contributed by atoms with Crippen LogP contribution in [-0.4, -0.2) is 11.0 Å². The molecule has 0 aromatic heterocycles. The summed E-state index contributed by atoms with van der Waals surface area (Å²) in [5.41, 5.74) is 2.79. The topological polar surface area (TPSA) is 49.3 Å². The van der Waals surface area contributed by atoms with Crippen molar-refractivity contribution in [2.45, 2.75) is 12.5 Å². The van der Waals surface area contributed by atoms with Gasteiger partial charge in [-0.05, 0) is 34.9 Å². The number of amides is 1. The molecule has 0 fully saturated rings. The zero-order valence-electron chi connectivity index (χ0n) is 10.1. The Bertz CT molecular complexity index is 654. The lowest BCUT2D eigenvalue weighted by atomic mass is 9.99. The zero-order chi connectivity index (χ0) is 13.4. The van der Waals surface area contributed by atoms with Gasteiger partial charge >= 0.3 is 0 Å². The van der Waals surface area contributed by atoms with Crippen molar-refractivity contribution in [3.63, 3.8) is 0 Å². The van der Waals surface area contributed by atoms with Crippen molar-refractivity contribution in [2.75, 3.05) is 5.32 Å². The highest BCUT2D eigenvalue weighted by molar-refractivity contribution is 5.99. The van der Waals surface area contributed by atoms with Crippen molar-refractivity contribution in [2.24, 2.45) is 0 Å². The van der Waals surface area contributed by atoms with E-state index in [0.717, 1.165) is 11.3 Å². The summed E-state index contributed by atoms with van der Waals surface area (Å²) in [5.74, 6) is -0.429. The molecule has 0 spiro atoms. The minimum Gasteiger partial charge on any atom is -0.384 e. The molecule has 3 rings (SSSR count). The predicted octanol–water partition coefficient (Wildman–Crippen LogP) is 2.40. The third kappa shape index (κ3) is 2.22. The first-order valence-electron chi connectivity index (χ1n) is 6.00. The zero-order valence-corrected chi connectivity index (χ0v) is 10.1. The van der Waals surface area contributed by atoms with E-state index in [0.29, 0.717) is 17.5 Å². The quantitative estimate of drug-likeness (QED) is 0.868. The molecule has 0 saturated carbocycles. The summed E-state index contributed by atoms with van der Waals surface area (Å²) in [4.78, 5) is 11.3. The van der Waals surface area contributed by atoms with E-state index < -0.39 is 6.10 Å². The molecule has 1 amide bonds. The van der Waals surface area contributed by atoms with Gasteiger partial charge in [-0.25, -0.2) is 4.39 Å². The number of carbonyl (C=O) groups is 1. The van der Waals surface area contributed by atoms with E-state index >= 15 is 0 Å². The van der Waals surface area contributed by atoms with Crippen LogP contribution in [0.4, 0.5) is 10.1 Å². The second kappa shape index (κ2) is 4.48. The van der Waals surface area contributed by atoms with Crippen molar-refractivity contribution in [1.29, 1.82) is 0 Å². The van der Waals surface area contributed by atoms with E-state index in [1.54, 1.807) is 30.3 Å². The number of benzene rings is 2. The van der Waals surface area contributed by atoms with E-state index in [9.17, 15) is 14.3 Å². The maximum atomic E-state index is 13.1. The normalized spacial score (nSPS) is 14.9. The highest BCUT2D eigenvalue weighted by Crippen LogP contribution is 2.29. The van der Waals surface area contributed by atoms with E-state index in [2.05, 4.69) is 5.32 Å². The van der Waals surface area contributed by atoms with Crippen LogP contribution in [0.3, 0.4) is 0 Å². The predicted molar refractivity (Wildman–Crippen MR) is 69.2 cm³/mol. The molecule has 1 aliphatic heterocycles. The van der Waals surface area contributed by atoms with Gasteiger partial charge in [-0.3, -0.25) is 4.79 Å². The number of anilines is 1. The number of aliphatic hydroxyl groups excluding tert-OH is 1. The molecular formula is C15H12FNO2. The molecule has 0 radical (unpaired) electrons. The average molecular weight is 257 g/mol. The first-order valence-corrected chi connectivity index (χ1v) is 6.00. The SMILES string of the molecule is O=C1Cc2cc(C(O)c3cccc(F)c3)ccc2N1. The first kappa shape index (κ1) is 11.9. The van der Waals surface area contributed by atoms with Crippen LogP contribution in [0, 0.1) is 5.82 Å². The van der Waals surface area contributed by atoms with Crippen molar-refractivity contribution in [3.05, 3.63) is 65.0 Å². The smallest absolute Gasteiger partial charge is 0.228 e. The molecule has 3 nitrogen and oxygen atoms in total. The first-order chi connectivity index (χ1) is 9.13. The average Bonchev–Trinajstić information content (AvgIpc) is 2.76. The molecule has 2 aromatic rings. The molecule has 1 unspecified atom stereocenters. The number of hydrogen-bond acceptors (Lipinski definition) is 2. The van der Waals surface area contributed by atoms with Gasteiger partial charge in [0.2, 0.25) is 5.91 Å². The molecule has 96 valence electrons. The van der Waals surface area contributed by atoms with Gasteiger partial charge in [-0.1, -0.05) is 24.3 Å². The fourth-order valence-electron chi connectivity index (χ4n) is 2.29. The lowest BCUT2D eigenvalue weighted by molar-refractivity contribution is -0.115. The van der Waals surface area contributed by atoms with Gasteiger partial charge in [0.25, 0.3) is 0 Å². The number of nitrogens with one attached hydrogen (secondary N) is 1. The number of fused-ring (bicyclic) bond motifs is 1. The fourth-order valence-corrected chi connectivity index (χ4v) is 2.29. The van der Waals surface area contributed by atoms with Crippen LogP contribution in [0.1, 0.15) is 22.8 Å². The standard InChI is InChI=1S/C15H12FNO2/c16-12-3-1-2-9(7-12)15(19)10-4-5-13-11(6-10)8-14(18)17-13/h1-7,15,19H,8H2,(H,17,18). The van der Waals surface area contributed by atoms with Crippen molar-refractivity contribution < 1.29 is 14.3 Å². The van der Waals surface area contributed by atoms with Gasteiger partial charge in [0.15, 0.2) is 0 Å². The second-order valence-electron chi connectivity index (χ2n) is 4.60. The Morgan fingerprint density at radius 1 is 1.16 bits per heavy atom. The maximum absolute atomic E-state index is 13.1. The molecule has 19 heavy (non-hydrogen) atoms. The van der Waals surface area contributed by atoms with Crippen LogP contribution >= 0.6 is 0 Å². The van der Waals surface area contributed by atoms with Gasteiger partial charge in [0, 0.05) is 5.69 Å². The molecule has 0 bridgehead atoms. The van der Waals surface area contributed by atoms with Crippen LogP contribution in [0.2, 0.25) is 0 Å². The van der Waals surface area contributed by atoms with Crippen molar-refractivity contribution in [1.82, 2.24) is 0 Å². The Balaban J connectivity index is 1.95. The van der Waals surface area contributed by atoms with Crippen LogP contribution < -0.4 is 5.32 Å². The highest BCUT2D eigenvalue weighted by Gasteiger charge is 2.20. The maximum Gasteiger partial charge on any atom is 0.228 e. The molecule has 4 heteroatoms. The minimum absolute atomic E-state index is 0.0487. The van der Waals surface area contributed by atoms with Gasteiger partial charge < -0.3 is 10.4 Å². The van der Waals surface area contributed by atoms with Crippen LogP contribution in [0.5, 0.6) is 0 Å². The van der Waals surface area contributed by atoms with Gasteiger partial charge in [0.05, 0.1) is 6.42 Å². The summed E-state index contributed by atoms with van der Waals surface area (Å²) in [6.45, 7) is 0. The minimum atomic E-state index is -0.892. The second-order valence-corrected chi connectivity index (χ2v) is 4.60. The number of carbonyl (C=O) groups excluding carboxylic acids is 1.